The number of carbonyl (C=O) groups is 1. The van der Waals surface area contributed by atoms with Crippen molar-refractivity contribution in [3.63, 3.8) is 0 Å². The van der Waals surface area contributed by atoms with Crippen molar-refractivity contribution in [1.82, 2.24) is 20.0 Å². The first-order chi connectivity index (χ1) is 11.5. The molecule has 3 atom stereocenters. The van der Waals surface area contributed by atoms with E-state index in [1.54, 1.807) is 0 Å². The Morgan fingerprint density at radius 2 is 2.17 bits per heavy atom. The number of carbonyl (C=O) groups excluding carboxylic acids is 1. The van der Waals surface area contributed by atoms with Crippen LogP contribution < -0.4 is 5.32 Å². The molecular formula is C18H30N4O2. The lowest BCUT2D eigenvalue weighted by Crippen LogP contribution is -2.46. The Morgan fingerprint density at radius 1 is 1.38 bits per heavy atom. The molecule has 6 heteroatoms. The Bertz CT molecular complexity index is 592. The van der Waals surface area contributed by atoms with E-state index in [1.165, 1.54) is 11.3 Å². The fraction of sp³-hybridized carbons (Fsp3) is 0.778. The maximum Gasteiger partial charge on any atom is 0.237 e. The van der Waals surface area contributed by atoms with Gasteiger partial charge in [-0.05, 0) is 53.0 Å². The number of likely N-dealkylation sites (tertiary alicyclic amines) is 1. The van der Waals surface area contributed by atoms with Gasteiger partial charge in [0.15, 0.2) is 0 Å². The van der Waals surface area contributed by atoms with Crippen LogP contribution in [0.5, 0.6) is 0 Å². The molecule has 1 aromatic rings. The zero-order chi connectivity index (χ0) is 17.3. The molecule has 6 nitrogen and oxygen atoms in total. The fourth-order valence-corrected chi connectivity index (χ4v) is 4.15. The Kier molecular flexibility index (Phi) is 5.25. The van der Waals surface area contributed by atoms with Crippen LogP contribution in [0.4, 0.5) is 0 Å². The Balaban J connectivity index is 1.66. The van der Waals surface area contributed by atoms with E-state index in [9.17, 15) is 4.79 Å². The third-order valence-electron chi connectivity index (χ3n) is 5.60. The molecule has 1 N–H and O–H groups in total. The van der Waals surface area contributed by atoms with Crippen LogP contribution >= 0.6 is 0 Å². The van der Waals surface area contributed by atoms with Gasteiger partial charge in [-0.1, -0.05) is 0 Å². The van der Waals surface area contributed by atoms with Crippen molar-refractivity contribution >= 4 is 5.91 Å². The van der Waals surface area contributed by atoms with E-state index in [1.807, 2.05) is 18.7 Å². The van der Waals surface area contributed by atoms with Crippen LogP contribution in [0.15, 0.2) is 0 Å². The van der Waals surface area contributed by atoms with Crippen LogP contribution in [0, 0.1) is 13.8 Å². The number of hydrogen-bond donors (Lipinski definition) is 1. The van der Waals surface area contributed by atoms with Crippen molar-refractivity contribution in [3.05, 3.63) is 17.0 Å². The molecule has 3 heterocycles. The van der Waals surface area contributed by atoms with Crippen LogP contribution in [0.2, 0.25) is 0 Å². The van der Waals surface area contributed by atoms with Crippen molar-refractivity contribution in [1.29, 1.82) is 0 Å². The first-order valence-corrected chi connectivity index (χ1v) is 9.14. The molecular weight excluding hydrogens is 304 g/mol. The molecule has 24 heavy (non-hydrogen) atoms. The Hall–Kier alpha value is -1.40. The van der Waals surface area contributed by atoms with Gasteiger partial charge in [-0.3, -0.25) is 14.4 Å². The summed E-state index contributed by atoms with van der Waals surface area (Å²) in [5, 5.41) is 7.64. The second kappa shape index (κ2) is 7.23. The number of aromatic nitrogens is 2. The average Bonchev–Trinajstić information content (AvgIpc) is 3.27. The van der Waals surface area contributed by atoms with E-state index in [2.05, 4.69) is 29.2 Å². The van der Waals surface area contributed by atoms with E-state index in [4.69, 9.17) is 4.74 Å². The van der Waals surface area contributed by atoms with Gasteiger partial charge in [0.25, 0.3) is 0 Å². The molecule has 0 radical (unpaired) electrons. The molecule has 0 spiro atoms. The topological polar surface area (TPSA) is 59.4 Å². The normalized spacial score (nSPS) is 26.0. The van der Waals surface area contributed by atoms with E-state index < -0.39 is 0 Å². The largest absolute Gasteiger partial charge is 0.376 e. The van der Waals surface area contributed by atoms with Gasteiger partial charge in [-0.15, -0.1) is 0 Å². The Morgan fingerprint density at radius 3 is 2.79 bits per heavy atom. The number of ether oxygens (including phenoxy) is 1. The highest BCUT2D eigenvalue weighted by atomic mass is 16.5. The Labute approximate surface area is 144 Å². The summed E-state index contributed by atoms with van der Waals surface area (Å²) in [6.45, 7) is 8.63. The number of rotatable bonds is 5. The maximum absolute atomic E-state index is 12.6. The van der Waals surface area contributed by atoms with Gasteiger partial charge in [0, 0.05) is 37.5 Å². The van der Waals surface area contributed by atoms with E-state index in [-0.39, 0.29) is 18.1 Å². The quantitative estimate of drug-likeness (QED) is 0.893. The minimum Gasteiger partial charge on any atom is -0.376 e. The minimum atomic E-state index is -0.127. The highest BCUT2D eigenvalue weighted by Crippen LogP contribution is 2.36. The van der Waals surface area contributed by atoms with Gasteiger partial charge in [0.1, 0.15) is 0 Å². The van der Waals surface area contributed by atoms with Crippen molar-refractivity contribution in [3.8, 4) is 0 Å². The molecule has 0 saturated carbocycles. The zero-order valence-corrected chi connectivity index (χ0v) is 15.3. The molecule has 2 fully saturated rings. The van der Waals surface area contributed by atoms with Gasteiger partial charge in [-0.2, -0.15) is 5.10 Å². The lowest BCUT2D eigenvalue weighted by Gasteiger charge is -2.30. The second-order valence-corrected chi connectivity index (χ2v) is 7.16. The maximum atomic E-state index is 12.6. The number of hydrogen-bond acceptors (Lipinski definition) is 4. The summed E-state index contributed by atoms with van der Waals surface area (Å²) >= 11 is 0. The van der Waals surface area contributed by atoms with Crippen LogP contribution in [-0.2, 0) is 16.6 Å². The first-order valence-electron chi connectivity index (χ1n) is 9.14. The number of nitrogens with one attached hydrogen (secondary N) is 1. The van der Waals surface area contributed by atoms with Gasteiger partial charge in [-0.25, -0.2) is 0 Å². The molecule has 0 aromatic carbocycles. The van der Waals surface area contributed by atoms with E-state index >= 15 is 0 Å². The molecule has 2 aliphatic rings. The van der Waals surface area contributed by atoms with E-state index in [0.29, 0.717) is 12.6 Å². The molecule has 2 saturated heterocycles. The molecule has 0 bridgehead atoms. The van der Waals surface area contributed by atoms with Gasteiger partial charge < -0.3 is 10.1 Å². The zero-order valence-electron chi connectivity index (χ0n) is 15.3. The van der Waals surface area contributed by atoms with Crippen molar-refractivity contribution in [2.24, 2.45) is 7.05 Å². The third-order valence-corrected chi connectivity index (χ3v) is 5.60. The summed E-state index contributed by atoms with van der Waals surface area (Å²) in [4.78, 5) is 14.9. The van der Waals surface area contributed by atoms with Crippen LogP contribution in [0.3, 0.4) is 0 Å². The van der Waals surface area contributed by atoms with Gasteiger partial charge in [0.2, 0.25) is 5.91 Å². The van der Waals surface area contributed by atoms with Crippen LogP contribution in [-0.4, -0.2) is 52.4 Å². The molecule has 0 aliphatic carbocycles. The molecule has 2 aliphatic heterocycles. The fourth-order valence-electron chi connectivity index (χ4n) is 4.15. The molecule has 1 amide bonds. The van der Waals surface area contributed by atoms with Crippen LogP contribution in [0.25, 0.3) is 0 Å². The number of aryl methyl sites for hydroxylation is 2. The first kappa shape index (κ1) is 17.4. The standard InChI is InChI=1S/C18H30N4O2/c1-12-17(13(2)21(4)20-12)16-8-5-9-22(16)14(3)18(23)19-11-15-7-6-10-24-15/h14-16H,5-11H2,1-4H3,(H,19,23)/t14-,15-,16+/m1/s1. The molecule has 3 rings (SSSR count). The number of nitrogens with zero attached hydrogens (tertiary/aromatic N) is 3. The lowest BCUT2D eigenvalue weighted by atomic mass is 10.0. The summed E-state index contributed by atoms with van der Waals surface area (Å²) in [6.07, 6.45) is 4.57. The predicted molar refractivity (Wildman–Crippen MR) is 92.8 cm³/mol. The van der Waals surface area contributed by atoms with Crippen molar-refractivity contribution in [2.75, 3.05) is 19.7 Å². The SMILES string of the molecule is Cc1nn(C)c(C)c1[C@@H]1CCCN1[C@H](C)C(=O)NC[C@H]1CCCO1. The van der Waals surface area contributed by atoms with E-state index in [0.717, 1.165) is 44.5 Å². The third kappa shape index (κ3) is 3.35. The minimum absolute atomic E-state index is 0.108. The summed E-state index contributed by atoms with van der Waals surface area (Å²) in [7, 11) is 1.99. The monoisotopic (exact) mass is 334 g/mol. The molecule has 134 valence electrons. The molecule has 1 aromatic heterocycles. The highest BCUT2D eigenvalue weighted by Gasteiger charge is 2.35. The van der Waals surface area contributed by atoms with Crippen molar-refractivity contribution in [2.45, 2.75) is 64.6 Å². The summed E-state index contributed by atoms with van der Waals surface area (Å²) in [5.74, 6) is 0.108. The highest BCUT2D eigenvalue weighted by molar-refractivity contribution is 5.81. The average molecular weight is 334 g/mol. The summed E-state index contributed by atoms with van der Waals surface area (Å²) in [6, 6.07) is 0.167. The van der Waals surface area contributed by atoms with Gasteiger partial charge in [0.05, 0.1) is 17.8 Å². The summed E-state index contributed by atoms with van der Waals surface area (Å²) in [5.41, 5.74) is 3.59. The predicted octanol–water partition coefficient (Wildman–Crippen LogP) is 1.86. The summed E-state index contributed by atoms with van der Waals surface area (Å²) < 4.78 is 7.54. The second-order valence-electron chi connectivity index (χ2n) is 7.16. The number of amides is 1. The molecule has 0 unspecified atom stereocenters. The van der Waals surface area contributed by atoms with Crippen molar-refractivity contribution < 1.29 is 9.53 Å². The lowest BCUT2D eigenvalue weighted by molar-refractivity contribution is -0.126. The van der Waals surface area contributed by atoms with Crippen LogP contribution in [0.1, 0.15) is 55.6 Å². The van der Waals surface area contributed by atoms with Gasteiger partial charge >= 0.3 is 0 Å². The smallest absolute Gasteiger partial charge is 0.237 e.